The van der Waals surface area contributed by atoms with Gasteiger partial charge >= 0.3 is 0 Å². The molecule has 2 N–H and O–H groups in total. The monoisotopic (exact) mass is 292 g/mol. The normalized spacial score (nSPS) is 13.8. The van der Waals surface area contributed by atoms with Crippen LogP contribution in [0.25, 0.3) is 0 Å². The van der Waals surface area contributed by atoms with Crippen LogP contribution in [-0.4, -0.2) is 37.8 Å². The van der Waals surface area contributed by atoms with Gasteiger partial charge in [-0.25, -0.2) is 12.8 Å². The van der Waals surface area contributed by atoms with E-state index in [1.807, 2.05) is 13.2 Å². The smallest absolute Gasteiger partial charge is 0.243 e. The van der Waals surface area contributed by atoms with Crippen molar-refractivity contribution >= 4 is 27.5 Å². The number of halogens is 1. The average molecular weight is 292 g/mol. The first-order valence-electron chi connectivity index (χ1n) is 5.32. The molecular weight excluding hydrogens is 275 g/mol. The zero-order chi connectivity index (χ0) is 13.9. The minimum absolute atomic E-state index is 0.0613. The SMILES string of the molecule is CSCC(C)N(C)S(=O)(=O)c1ccc(N)c(F)c1. The maximum atomic E-state index is 13.3. The second kappa shape index (κ2) is 5.90. The second-order valence-corrected chi connectivity index (χ2v) is 6.92. The van der Waals surface area contributed by atoms with E-state index in [1.54, 1.807) is 11.8 Å². The van der Waals surface area contributed by atoms with Crippen molar-refractivity contribution in [1.29, 1.82) is 0 Å². The summed E-state index contributed by atoms with van der Waals surface area (Å²) in [5.41, 5.74) is 5.27. The van der Waals surface area contributed by atoms with Crippen LogP contribution in [-0.2, 0) is 10.0 Å². The van der Waals surface area contributed by atoms with Gasteiger partial charge in [0.25, 0.3) is 0 Å². The summed E-state index contributed by atoms with van der Waals surface area (Å²) in [5.74, 6) is -0.0466. The van der Waals surface area contributed by atoms with Gasteiger partial charge in [-0.1, -0.05) is 0 Å². The number of rotatable bonds is 5. The number of thioether (sulfide) groups is 1. The first-order valence-corrected chi connectivity index (χ1v) is 8.16. The molecule has 1 unspecified atom stereocenters. The Labute approximate surface area is 111 Å². The van der Waals surface area contributed by atoms with Crippen molar-refractivity contribution in [1.82, 2.24) is 4.31 Å². The topological polar surface area (TPSA) is 63.4 Å². The van der Waals surface area contributed by atoms with Crippen molar-refractivity contribution in [2.24, 2.45) is 0 Å². The summed E-state index contributed by atoms with van der Waals surface area (Å²) < 4.78 is 39.0. The maximum absolute atomic E-state index is 13.3. The first kappa shape index (κ1) is 15.3. The zero-order valence-electron chi connectivity index (χ0n) is 10.6. The molecular formula is C11H17FN2O2S2. The highest BCUT2D eigenvalue weighted by molar-refractivity contribution is 7.98. The lowest BCUT2D eigenvalue weighted by molar-refractivity contribution is 0.414. The highest BCUT2D eigenvalue weighted by Gasteiger charge is 2.25. The van der Waals surface area contributed by atoms with E-state index >= 15 is 0 Å². The summed E-state index contributed by atoms with van der Waals surface area (Å²) in [7, 11) is -2.18. The van der Waals surface area contributed by atoms with Crippen molar-refractivity contribution in [3.05, 3.63) is 24.0 Å². The number of nitrogen functional groups attached to an aromatic ring is 1. The fourth-order valence-electron chi connectivity index (χ4n) is 1.42. The van der Waals surface area contributed by atoms with E-state index in [4.69, 9.17) is 5.73 Å². The van der Waals surface area contributed by atoms with Gasteiger partial charge in [-0.2, -0.15) is 16.1 Å². The molecule has 0 aliphatic carbocycles. The van der Waals surface area contributed by atoms with Gasteiger partial charge in [0.05, 0.1) is 10.6 Å². The molecule has 0 aromatic heterocycles. The molecule has 0 aliphatic rings. The number of hydrogen-bond acceptors (Lipinski definition) is 4. The van der Waals surface area contributed by atoms with Gasteiger partial charge in [0.2, 0.25) is 10.0 Å². The van der Waals surface area contributed by atoms with Crippen molar-refractivity contribution in [2.75, 3.05) is 24.8 Å². The summed E-state index contributed by atoms with van der Waals surface area (Å²) in [6.07, 6.45) is 1.90. The predicted molar refractivity (Wildman–Crippen MR) is 73.6 cm³/mol. The zero-order valence-corrected chi connectivity index (χ0v) is 12.2. The molecule has 7 heteroatoms. The van der Waals surface area contributed by atoms with Crippen LogP contribution < -0.4 is 5.73 Å². The van der Waals surface area contributed by atoms with Crippen LogP contribution in [0.4, 0.5) is 10.1 Å². The molecule has 0 radical (unpaired) electrons. The fraction of sp³-hybridized carbons (Fsp3) is 0.455. The minimum Gasteiger partial charge on any atom is -0.396 e. The summed E-state index contributed by atoms with van der Waals surface area (Å²) in [6.45, 7) is 1.81. The molecule has 1 atom stereocenters. The van der Waals surface area contributed by atoms with Gasteiger partial charge in [0.1, 0.15) is 5.82 Å². The van der Waals surface area contributed by atoms with Crippen LogP contribution in [0.15, 0.2) is 23.1 Å². The van der Waals surface area contributed by atoms with Crippen LogP contribution >= 0.6 is 11.8 Å². The molecule has 4 nitrogen and oxygen atoms in total. The molecule has 0 spiro atoms. The van der Waals surface area contributed by atoms with Crippen molar-refractivity contribution in [3.8, 4) is 0 Å². The van der Waals surface area contributed by atoms with Gasteiger partial charge in [-0.3, -0.25) is 0 Å². The third kappa shape index (κ3) is 3.15. The molecule has 0 aliphatic heterocycles. The largest absolute Gasteiger partial charge is 0.396 e. The van der Waals surface area contributed by atoms with E-state index in [2.05, 4.69) is 0 Å². The second-order valence-electron chi connectivity index (χ2n) is 4.01. The average Bonchev–Trinajstić information content (AvgIpc) is 2.31. The molecule has 18 heavy (non-hydrogen) atoms. The number of nitrogens with zero attached hydrogens (tertiary/aromatic N) is 1. The number of anilines is 1. The molecule has 0 fully saturated rings. The third-order valence-corrected chi connectivity index (χ3v) is 5.46. The molecule has 102 valence electrons. The molecule has 1 rings (SSSR count). The Kier molecular flexibility index (Phi) is 5.01. The Morgan fingerprint density at radius 2 is 2.11 bits per heavy atom. The van der Waals surface area contributed by atoms with Crippen LogP contribution in [0.3, 0.4) is 0 Å². The highest BCUT2D eigenvalue weighted by Crippen LogP contribution is 2.21. The van der Waals surface area contributed by atoms with Gasteiger partial charge in [0.15, 0.2) is 0 Å². The first-order chi connectivity index (χ1) is 8.30. The lowest BCUT2D eigenvalue weighted by atomic mass is 10.3. The molecule has 0 saturated heterocycles. The Hall–Kier alpha value is -0.790. The molecule has 1 aromatic carbocycles. The Bertz CT molecular complexity index is 520. The van der Waals surface area contributed by atoms with Crippen molar-refractivity contribution in [2.45, 2.75) is 17.9 Å². The summed E-state index contributed by atoms with van der Waals surface area (Å²) in [6, 6.07) is 3.36. The van der Waals surface area contributed by atoms with Crippen molar-refractivity contribution < 1.29 is 12.8 Å². The molecule has 0 bridgehead atoms. The van der Waals surface area contributed by atoms with Crippen LogP contribution in [0.5, 0.6) is 0 Å². The molecule has 1 aromatic rings. The highest BCUT2D eigenvalue weighted by atomic mass is 32.2. The van der Waals surface area contributed by atoms with Gasteiger partial charge < -0.3 is 5.73 Å². The molecule has 0 amide bonds. The maximum Gasteiger partial charge on any atom is 0.243 e. The number of nitrogens with two attached hydrogens (primary N) is 1. The van der Waals surface area contributed by atoms with Crippen molar-refractivity contribution in [3.63, 3.8) is 0 Å². The quantitative estimate of drug-likeness (QED) is 0.840. The van der Waals surface area contributed by atoms with Crippen LogP contribution in [0.1, 0.15) is 6.92 Å². The predicted octanol–water partition coefficient (Wildman–Crippen LogP) is 1.78. The summed E-state index contributed by atoms with van der Waals surface area (Å²) in [4.78, 5) is -0.0790. The fourth-order valence-corrected chi connectivity index (χ4v) is 3.59. The number of sulfonamides is 1. The van der Waals surface area contributed by atoms with Gasteiger partial charge in [-0.05, 0) is 31.4 Å². The Morgan fingerprint density at radius 1 is 1.50 bits per heavy atom. The van der Waals surface area contributed by atoms with E-state index in [0.717, 1.165) is 6.07 Å². The van der Waals surface area contributed by atoms with E-state index in [-0.39, 0.29) is 16.6 Å². The number of benzene rings is 1. The van der Waals surface area contributed by atoms with E-state index in [0.29, 0.717) is 5.75 Å². The van der Waals surface area contributed by atoms with Gasteiger partial charge in [-0.15, -0.1) is 0 Å². The lowest BCUT2D eigenvalue weighted by Gasteiger charge is -2.23. The standard InChI is InChI=1S/C11H17FN2O2S2/c1-8(7-17-3)14(2)18(15,16)9-4-5-11(13)10(12)6-9/h4-6,8H,7,13H2,1-3H3. The molecule has 0 saturated carbocycles. The van der Waals surface area contributed by atoms with E-state index in [1.165, 1.54) is 23.5 Å². The Morgan fingerprint density at radius 3 is 2.61 bits per heavy atom. The van der Waals surface area contributed by atoms with Crippen LogP contribution in [0, 0.1) is 5.82 Å². The van der Waals surface area contributed by atoms with E-state index in [9.17, 15) is 12.8 Å². The van der Waals surface area contributed by atoms with Gasteiger partial charge in [0, 0.05) is 18.8 Å². The minimum atomic E-state index is -3.68. The van der Waals surface area contributed by atoms with E-state index < -0.39 is 15.8 Å². The Balaban J connectivity index is 3.09. The lowest BCUT2D eigenvalue weighted by Crippen LogP contribution is -2.36. The summed E-state index contributed by atoms with van der Waals surface area (Å²) >= 11 is 1.55. The summed E-state index contributed by atoms with van der Waals surface area (Å²) in [5, 5.41) is 0. The third-order valence-electron chi connectivity index (χ3n) is 2.68. The molecule has 0 heterocycles. The number of hydrogen-bond donors (Lipinski definition) is 1. The van der Waals surface area contributed by atoms with Crippen LogP contribution in [0.2, 0.25) is 0 Å².